The van der Waals surface area contributed by atoms with E-state index >= 15 is 0 Å². The fourth-order valence-electron chi connectivity index (χ4n) is 2.69. The van der Waals surface area contributed by atoms with Gasteiger partial charge in [0.1, 0.15) is 4.90 Å². The standard InChI is InChI=1S/C21H17ClN2O4S/c22-17-11-12-18(16(14-17)6-2-1-3-10-20(25)26)24-29(27,28)19-9-4-7-15-8-5-13-23-21(15)19/h4-5,7-9,11-14,24H,1,3,10H2,(H,25,26). The van der Waals surface area contributed by atoms with E-state index in [4.69, 9.17) is 16.7 Å². The molecule has 2 aromatic carbocycles. The Morgan fingerprint density at radius 2 is 1.97 bits per heavy atom. The number of halogens is 1. The van der Waals surface area contributed by atoms with Gasteiger partial charge in [0.2, 0.25) is 0 Å². The number of aromatic nitrogens is 1. The van der Waals surface area contributed by atoms with E-state index in [9.17, 15) is 13.2 Å². The van der Waals surface area contributed by atoms with Crippen LogP contribution in [0.2, 0.25) is 5.02 Å². The summed E-state index contributed by atoms with van der Waals surface area (Å²) in [6.45, 7) is 0. The number of rotatable bonds is 6. The second-order valence-corrected chi connectivity index (χ2v) is 8.26. The van der Waals surface area contributed by atoms with Crippen LogP contribution in [-0.4, -0.2) is 24.5 Å². The van der Waals surface area contributed by atoms with E-state index in [1.165, 1.54) is 12.3 Å². The van der Waals surface area contributed by atoms with Crippen LogP contribution < -0.4 is 4.72 Å². The number of nitrogens with zero attached hydrogens (tertiary/aromatic N) is 1. The molecule has 3 aromatic rings. The van der Waals surface area contributed by atoms with Crippen molar-refractivity contribution >= 4 is 44.2 Å². The second-order valence-electron chi connectivity index (χ2n) is 6.18. The molecule has 3 rings (SSSR count). The van der Waals surface area contributed by atoms with E-state index < -0.39 is 16.0 Å². The summed E-state index contributed by atoms with van der Waals surface area (Å²) < 4.78 is 28.6. The highest BCUT2D eigenvalue weighted by Gasteiger charge is 2.19. The molecule has 0 atom stereocenters. The third-order valence-corrected chi connectivity index (χ3v) is 5.66. The highest BCUT2D eigenvalue weighted by molar-refractivity contribution is 7.93. The second kappa shape index (κ2) is 8.95. The number of aliphatic carboxylic acids is 1. The Morgan fingerprint density at radius 1 is 1.17 bits per heavy atom. The molecular weight excluding hydrogens is 412 g/mol. The first-order valence-corrected chi connectivity index (χ1v) is 10.6. The van der Waals surface area contributed by atoms with Crippen LogP contribution in [0.1, 0.15) is 24.8 Å². The number of benzene rings is 2. The molecule has 0 saturated carbocycles. The molecule has 0 unspecified atom stereocenters. The molecule has 0 amide bonds. The van der Waals surface area contributed by atoms with Crippen molar-refractivity contribution in [2.24, 2.45) is 0 Å². The number of fused-ring (bicyclic) bond motifs is 1. The molecule has 148 valence electrons. The molecule has 0 bridgehead atoms. The van der Waals surface area contributed by atoms with Crippen molar-refractivity contribution in [2.75, 3.05) is 4.72 Å². The molecule has 0 spiro atoms. The molecule has 0 radical (unpaired) electrons. The number of para-hydroxylation sites is 1. The number of anilines is 1. The Kier molecular flexibility index (Phi) is 6.37. The summed E-state index contributed by atoms with van der Waals surface area (Å²) in [6.07, 6.45) is 2.35. The molecule has 0 fully saturated rings. The largest absolute Gasteiger partial charge is 0.481 e. The minimum Gasteiger partial charge on any atom is -0.481 e. The highest BCUT2D eigenvalue weighted by atomic mass is 35.5. The van der Waals surface area contributed by atoms with Crippen molar-refractivity contribution in [1.82, 2.24) is 4.98 Å². The number of carboxylic acid groups (broad SMARTS) is 1. The van der Waals surface area contributed by atoms with E-state index in [1.54, 1.807) is 42.5 Å². The Balaban J connectivity index is 1.91. The van der Waals surface area contributed by atoms with Gasteiger partial charge >= 0.3 is 5.97 Å². The lowest BCUT2D eigenvalue weighted by Crippen LogP contribution is -2.14. The molecule has 29 heavy (non-hydrogen) atoms. The fourth-order valence-corrected chi connectivity index (χ4v) is 4.12. The highest BCUT2D eigenvalue weighted by Crippen LogP contribution is 2.26. The third kappa shape index (κ3) is 5.25. The first-order valence-electron chi connectivity index (χ1n) is 8.73. The monoisotopic (exact) mass is 428 g/mol. The molecule has 0 aliphatic carbocycles. The summed E-state index contributed by atoms with van der Waals surface area (Å²) in [7, 11) is -3.92. The number of hydrogen-bond donors (Lipinski definition) is 2. The average Bonchev–Trinajstić information content (AvgIpc) is 2.69. The number of sulfonamides is 1. The Labute approximate surface area is 173 Å². The lowest BCUT2D eigenvalue weighted by Gasteiger charge is -2.12. The Morgan fingerprint density at radius 3 is 2.76 bits per heavy atom. The summed E-state index contributed by atoms with van der Waals surface area (Å²) >= 11 is 6.03. The number of hydrogen-bond acceptors (Lipinski definition) is 4. The predicted octanol–water partition coefficient (Wildman–Crippen LogP) is 4.30. The molecule has 0 aliphatic rings. The normalized spacial score (nSPS) is 10.9. The number of unbranched alkanes of at least 4 members (excludes halogenated alkanes) is 1. The van der Waals surface area contributed by atoms with Gasteiger partial charge in [0, 0.05) is 29.4 Å². The maximum absolute atomic E-state index is 13.0. The van der Waals surface area contributed by atoms with Crippen molar-refractivity contribution in [1.29, 1.82) is 0 Å². The molecule has 2 N–H and O–H groups in total. The quantitative estimate of drug-likeness (QED) is 0.451. The Bertz CT molecular complexity index is 1220. The molecular formula is C21H17ClN2O4S. The van der Waals surface area contributed by atoms with E-state index in [2.05, 4.69) is 21.5 Å². The average molecular weight is 429 g/mol. The fraction of sp³-hybridized carbons (Fsp3) is 0.143. The predicted molar refractivity (Wildman–Crippen MR) is 112 cm³/mol. The third-order valence-electron chi connectivity index (χ3n) is 4.03. The van der Waals surface area contributed by atoms with E-state index in [1.807, 2.05) is 0 Å². The van der Waals surface area contributed by atoms with Crippen molar-refractivity contribution in [3.63, 3.8) is 0 Å². The Hall–Kier alpha value is -3.08. The summed E-state index contributed by atoms with van der Waals surface area (Å²) in [6, 6.07) is 13.1. The maximum Gasteiger partial charge on any atom is 0.303 e. The van der Waals surface area contributed by atoms with Crippen LogP contribution >= 0.6 is 11.6 Å². The number of pyridine rings is 1. The van der Waals surface area contributed by atoms with E-state index in [-0.39, 0.29) is 17.0 Å². The summed E-state index contributed by atoms with van der Waals surface area (Å²) in [5, 5.41) is 9.80. The van der Waals surface area contributed by atoms with Crippen molar-refractivity contribution in [3.05, 3.63) is 65.3 Å². The molecule has 1 aromatic heterocycles. The van der Waals surface area contributed by atoms with Crippen LogP contribution in [0.4, 0.5) is 5.69 Å². The van der Waals surface area contributed by atoms with Gasteiger partial charge in [-0.15, -0.1) is 0 Å². The van der Waals surface area contributed by atoms with Gasteiger partial charge in [-0.05, 0) is 36.8 Å². The van der Waals surface area contributed by atoms with Gasteiger partial charge in [-0.2, -0.15) is 0 Å². The van der Waals surface area contributed by atoms with Crippen LogP contribution in [0, 0.1) is 11.8 Å². The summed E-state index contributed by atoms with van der Waals surface area (Å²) in [5.74, 6) is 4.85. The summed E-state index contributed by atoms with van der Waals surface area (Å²) in [4.78, 5) is 14.8. The number of carboxylic acids is 1. The van der Waals surface area contributed by atoms with Gasteiger partial charge in [-0.1, -0.05) is 41.6 Å². The smallest absolute Gasteiger partial charge is 0.303 e. The van der Waals surface area contributed by atoms with Gasteiger partial charge in [0.05, 0.1) is 16.8 Å². The van der Waals surface area contributed by atoms with Gasteiger partial charge < -0.3 is 5.11 Å². The summed E-state index contributed by atoms with van der Waals surface area (Å²) in [5.41, 5.74) is 1.07. The molecule has 0 aliphatic heterocycles. The van der Waals surface area contributed by atoms with Gasteiger partial charge in [0.15, 0.2) is 0 Å². The van der Waals surface area contributed by atoms with Gasteiger partial charge in [-0.3, -0.25) is 14.5 Å². The number of nitrogens with one attached hydrogen (secondary N) is 1. The molecule has 8 heteroatoms. The number of carbonyl (C=O) groups is 1. The molecule has 1 heterocycles. The van der Waals surface area contributed by atoms with Crippen molar-refractivity contribution < 1.29 is 18.3 Å². The van der Waals surface area contributed by atoms with Crippen LogP contribution in [0.5, 0.6) is 0 Å². The van der Waals surface area contributed by atoms with Crippen molar-refractivity contribution in [3.8, 4) is 11.8 Å². The lowest BCUT2D eigenvalue weighted by atomic mass is 10.1. The zero-order valence-electron chi connectivity index (χ0n) is 15.2. The van der Waals surface area contributed by atoms with Crippen LogP contribution in [0.25, 0.3) is 10.9 Å². The molecule has 6 nitrogen and oxygen atoms in total. The lowest BCUT2D eigenvalue weighted by molar-refractivity contribution is -0.137. The van der Waals surface area contributed by atoms with Crippen LogP contribution in [-0.2, 0) is 14.8 Å². The van der Waals surface area contributed by atoms with Crippen LogP contribution in [0.3, 0.4) is 0 Å². The zero-order valence-corrected chi connectivity index (χ0v) is 16.8. The SMILES string of the molecule is O=C(O)CCCC#Cc1cc(Cl)ccc1NS(=O)(=O)c1cccc2cccnc12. The minimum atomic E-state index is -3.92. The topological polar surface area (TPSA) is 96.4 Å². The van der Waals surface area contributed by atoms with Crippen LogP contribution in [0.15, 0.2) is 59.6 Å². The minimum absolute atomic E-state index is 0.0256. The maximum atomic E-state index is 13.0. The molecule has 0 saturated heterocycles. The zero-order chi connectivity index (χ0) is 20.9. The van der Waals surface area contributed by atoms with Gasteiger partial charge in [0.25, 0.3) is 10.0 Å². The van der Waals surface area contributed by atoms with Gasteiger partial charge in [-0.25, -0.2) is 8.42 Å². The first-order chi connectivity index (χ1) is 13.9. The first kappa shape index (κ1) is 20.6. The van der Waals surface area contributed by atoms with E-state index in [0.29, 0.717) is 34.3 Å². The van der Waals surface area contributed by atoms with E-state index in [0.717, 1.165) is 0 Å². The van der Waals surface area contributed by atoms with Crippen molar-refractivity contribution in [2.45, 2.75) is 24.2 Å².